The Kier molecular flexibility index (Phi) is 7.85. The fourth-order valence-corrected chi connectivity index (χ4v) is 4.52. The van der Waals surface area contributed by atoms with Crippen molar-refractivity contribution in [3.63, 3.8) is 0 Å². The van der Waals surface area contributed by atoms with Crippen LogP contribution in [0.5, 0.6) is 5.75 Å². The van der Waals surface area contributed by atoms with E-state index in [0.717, 1.165) is 28.6 Å². The van der Waals surface area contributed by atoms with Crippen molar-refractivity contribution in [3.05, 3.63) is 84.2 Å². The molecule has 0 radical (unpaired) electrons. The van der Waals surface area contributed by atoms with E-state index in [9.17, 15) is 22.4 Å². The number of anilines is 2. The first kappa shape index (κ1) is 24.7. The van der Waals surface area contributed by atoms with Crippen molar-refractivity contribution in [1.29, 1.82) is 0 Å². The third-order valence-electron chi connectivity index (χ3n) is 4.69. The zero-order valence-corrected chi connectivity index (χ0v) is 19.3. The number of carbonyl (C=O) groups is 2. The van der Waals surface area contributed by atoms with Crippen molar-refractivity contribution in [2.24, 2.45) is 0 Å². The number of nitrogens with zero attached hydrogens (tertiary/aromatic N) is 1. The van der Waals surface area contributed by atoms with Gasteiger partial charge in [-0.25, -0.2) is 17.6 Å². The third kappa shape index (κ3) is 5.90. The van der Waals surface area contributed by atoms with E-state index in [4.69, 9.17) is 4.74 Å². The van der Waals surface area contributed by atoms with Crippen LogP contribution in [0.3, 0.4) is 0 Å². The van der Waals surface area contributed by atoms with Gasteiger partial charge in [-0.05, 0) is 73.7 Å². The Balaban J connectivity index is 1.91. The lowest BCUT2D eigenvalue weighted by molar-refractivity contribution is -0.114. The largest absolute Gasteiger partial charge is 0.494 e. The molecule has 8 nitrogen and oxygen atoms in total. The average Bonchev–Trinajstić information content (AvgIpc) is 2.83. The van der Waals surface area contributed by atoms with E-state index >= 15 is 0 Å². The van der Waals surface area contributed by atoms with Gasteiger partial charge in [0.05, 0.1) is 29.9 Å². The molecule has 0 saturated heterocycles. The molecule has 3 aromatic rings. The number of sulfonamides is 1. The lowest BCUT2D eigenvalue weighted by Gasteiger charge is -2.24. The van der Waals surface area contributed by atoms with Crippen LogP contribution in [0.15, 0.2) is 77.7 Å². The standard InChI is InChI=1S/C24H23FN2O6S/c1-3-33-21-11-9-20(10-12-21)27(34(30,31)22-13-7-18(25)8-14-22)16-23(28)26-19-6-4-5-17(15-19)24(29)32-2/h4-15H,3,16H2,1-2H3,(H,26,28). The molecule has 1 N–H and O–H groups in total. The number of halogens is 1. The summed E-state index contributed by atoms with van der Waals surface area (Å²) in [6, 6.07) is 16.6. The van der Waals surface area contributed by atoms with Crippen molar-refractivity contribution in [1.82, 2.24) is 0 Å². The number of benzene rings is 3. The Labute approximate surface area is 197 Å². The predicted molar refractivity (Wildman–Crippen MR) is 125 cm³/mol. The number of esters is 1. The summed E-state index contributed by atoms with van der Waals surface area (Å²) in [5.74, 6) is -1.28. The Morgan fingerprint density at radius 2 is 1.68 bits per heavy atom. The minimum Gasteiger partial charge on any atom is -0.494 e. The fourth-order valence-electron chi connectivity index (χ4n) is 3.10. The van der Waals surface area contributed by atoms with E-state index in [-0.39, 0.29) is 16.1 Å². The van der Waals surface area contributed by atoms with E-state index < -0.39 is 34.3 Å². The van der Waals surface area contributed by atoms with E-state index in [1.165, 1.54) is 31.4 Å². The van der Waals surface area contributed by atoms with Crippen LogP contribution in [0.4, 0.5) is 15.8 Å². The SMILES string of the molecule is CCOc1ccc(N(CC(=O)Nc2cccc(C(=O)OC)c2)S(=O)(=O)c2ccc(F)cc2)cc1. The summed E-state index contributed by atoms with van der Waals surface area (Å²) in [7, 11) is -2.98. The molecule has 3 rings (SSSR count). The molecule has 0 saturated carbocycles. The molecule has 1 amide bonds. The summed E-state index contributed by atoms with van der Waals surface area (Å²) in [5.41, 5.74) is 0.729. The third-order valence-corrected chi connectivity index (χ3v) is 6.48. The van der Waals surface area contributed by atoms with E-state index in [2.05, 4.69) is 10.1 Å². The number of ether oxygens (including phenoxy) is 2. The van der Waals surface area contributed by atoms with Gasteiger partial charge in [0.2, 0.25) is 5.91 Å². The van der Waals surface area contributed by atoms with Gasteiger partial charge >= 0.3 is 5.97 Å². The number of rotatable bonds is 9. The van der Waals surface area contributed by atoms with Gasteiger partial charge in [-0.3, -0.25) is 9.10 Å². The molecular weight excluding hydrogens is 463 g/mol. The zero-order valence-electron chi connectivity index (χ0n) is 18.5. The number of hydrogen-bond donors (Lipinski definition) is 1. The van der Waals surface area contributed by atoms with Crippen molar-refractivity contribution in [3.8, 4) is 5.75 Å². The Morgan fingerprint density at radius 3 is 2.29 bits per heavy atom. The monoisotopic (exact) mass is 486 g/mol. The zero-order chi connectivity index (χ0) is 24.7. The van der Waals surface area contributed by atoms with Gasteiger partial charge in [0, 0.05) is 5.69 Å². The summed E-state index contributed by atoms with van der Waals surface area (Å²) in [5, 5.41) is 2.59. The molecular formula is C24H23FN2O6S. The van der Waals surface area contributed by atoms with E-state index in [1.807, 2.05) is 6.92 Å². The minimum atomic E-state index is -4.22. The first-order valence-corrected chi connectivity index (χ1v) is 11.7. The summed E-state index contributed by atoms with van der Waals surface area (Å²) in [6.07, 6.45) is 0. The average molecular weight is 487 g/mol. The summed E-state index contributed by atoms with van der Waals surface area (Å²) >= 11 is 0. The molecule has 0 aliphatic heterocycles. The molecule has 0 fully saturated rings. The Morgan fingerprint density at radius 1 is 1.00 bits per heavy atom. The first-order chi connectivity index (χ1) is 16.2. The van der Waals surface area contributed by atoms with Gasteiger partial charge in [-0.1, -0.05) is 6.07 Å². The van der Waals surface area contributed by atoms with Gasteiger partial charge in [0.1, 0.15) is 18.1 Å². The second-order valence-electron chi connectivity index (χ2n) is 7.01. The molecule has 0 heterocycles. The second-order valence-corrected chi connectivity index (χ2v) is 8.88. The van der Waals surface area contributed by atoms with Crippen LogP contribution in [-0.4, -0.2) is 40.6 Å². The molecule has 0 aliphatic rings. The Hall–Kier alpha value is -3.92. The maximum Gasteiger partial charge on any atom is 0.337 e. The highest BCUT2D eigenvalue weighted by Gasteiger charge is 2.27. The molecule has 34 heavy (non-hydrogen) atoms. The highest BCUT2D eigenvalue weighted by molar-refractivity contribution is 7.92. The topological polar surface area (TPSA) is 102 Å². The highest BCUT2D eigenvalue weighted by Crippen LogP contribution is 2.26. The van der Waals surface area contributed by atoms with Crippen molar-refractivity contribution >= 4 is 33.3 Å². The molecule has 0 aromatic heterocycles. The van der Waals surface area contributed by atoms with Gasteiger partial charge in [0.15, 0.2) is 0 Å². The predicted octanol–water partition coefficient (Wildman–Crippen LogP) is 3.85. The van der Waals surface area contributed by atoms with Crippen molar-refractivity contribution in [2.45, 2.75) is 11.8 Å². The van der Waals surface area contributed by atoms with Gasteiger partial charge in [-0.2, -0.15) is 0 Å². The van der Waals surface area contributed by atoms with Crippen LogP contribution in [0, 0.1) is 5.82 Å². The minimum absolute atomic E-state index is 0.178. The lowest BCUT2D eigenvalue weighted by atomic mass is 10.2. The molecule has 178 valence electrons. The molecule has 0 bridgehead atoms. The van der Waals surface area contributed by atoms with Gasteiger partial charge < -0.3 is 14.8 Å². The molecule has 10 heteroatoms. The molecule has 3 aromatic carbocycles. The summed E-state index contributed by atoms with van der Waals surface area (Å²) < 4.78 is 51.1. The van der Waals surface area contributed by atoms with Crippen LogP contribution in [0.2, 0.25) is 0 Å². The number of nitrogens with one attached hydrogen (secondary N) is 1. The van der Waals surface area contributed by atoms with Crippen molar-refractivity contribution < 1.29 is 31.9 Å². The van der Waals surface area contributed by atoms with Gasteiger partial charge in [-0.15, -0.1) is 0 Å². The molecule has 0 aliphatic carbocycles. The summed E-state index contributed by atoms with van der Waals surface area (Å²) in [6.45, 7) is 1.68. The molecule has 0 spiro atoms. The fraction of sp³-hybridized carbons (Fsp3) is 0.167. The van der Waals surface area contributed by atoms with Crippen molar-refractivity contribution in [2.75, 3.05) is 29.9 Å². The normalized spacial score (nSPS) is 10.9. The number of methoxy groups -OCH3 is 1. The number of carbonyl (C=O) groups excluding carboxylic acids is 2. The maximum absolute atomic E-state index is 13.4. The smallest absolute Gasteiger partial charge is 0.337 e. The van der Waals surface area contributed by atoms with Crippen LogP contribution in [0.25, 0.3) is 0 Å². The summed E-state index contributed by atoms with van der Waals surface area (Å²) in [4.78, 5) is 24.4. The van der Waals surface area contributed by atoms with E-state index in [1.54, 1.807) is 24.3 Å². The van der Waals surface area contributed by atoms with Gasteiger partial charge in [0.25, 0.3) is 10.0 Å². The molecule has 0 atom stereocenters. The Bertz CT molecular complexity index is 1260. The number of hydrogen-bond acceptors (Lipinski definition) is 6. The quantitative estimate of drug-likeness (QED) is 0.461. The van der Waals surface area contributed by atoms with Crippen LogP contribution in [-0.2, 0) is 19.6 Å². The lowest BCUT2D eigenvalue weighted by Crippen LogP contribution is -2.38. The first-order valence-electron chi connectivity index (χ1n) is 10.2. The highest BCUT2D eigenvalue weighted by atomic mass is 32.2. The second kappa shape index (κ2) is 10.8. The van der Waals surface area contributed by atoms with E-state index in [0.29, 0.717) is 18.0 Å². The van der Waals surface area contributed by atoms with Crippen LogP contribution >= 0.6 is 0 Å². The van der Waals surface area contributed by atoms with Crippen LogP contribution in [0.1, 0.15) is 17.3 Å². The van der Waals surface area contributed by atoms with Crippen LogP contribution < -0.4 is 14.4 Å². The maximum atomic E-state index is 13.4. The molecule has 0 unspecified atom stereocenters. The number of amides is 1.